The summed E-state index contributed by atoms with van der Waals surface area (Å²) in [6.07, 6.45) is 0. The van der Waals surface area contributed by atoms with Crippen LogP contribution in [0.15, 0.2) is 24.3 Å². The molecule has 4 nitrogen and oxygen atoms in total. The van der Waals surface area contributed by atoms with E-state index in [0.717, 1.165) is 0 Å². The van der Waals surface area contributed by atoms with E-state index in [1.807, 2.05) is 6.07 Å². The van der Waals surface area contributed by atoms with E-state index >= 15 is 0 Å². The van der Waals surface area contributed by atoms with Crippen molar-refractivity contribution in [3.63, 3.8) is 0 Å². The van der Waals surface area contributed by atoms with Crippen molar-refractivity contribution in [2.24, 2.45) is 0 Å². The van der Waals surface area contributed by atoms with Crippen LogP contribution >= 0.6 is 0 Å². The molecule has 16 heavy (non-hydrogen) atoms. The number of Topliss-reactive ketones (excluding diaryl/α,β-unsaturated/α-hetero) is 1. The van der Waals surface area contributed by atoms with Crippen LogP contribution in [0.1, 0.15) is 11.5 Å². The van der Waals surface area contributed by atoms with Gasteiger partial charge in [-0.15, -0.1) is 0 Å². The summed E-state index contributed by atoms with van der Waals surface area (Å²) in [6, 6.07) is 8.95. The Morgan fingerprint density at radius 1 is 1.44 bits per heavy atom. The summed E-state index contributed by atoms with van der Waals surface area (Å²) in [5, 5.41) is 9.01. The van der Waals surface area contributed by atoms with Gasteiger partial charge in [-0.2, -0.15) is 5.26 Å². The summed E-state index contributed by atoms with van der Waals surface area (Å²) >= 11 is 0. The average Bonchev–Trinajstić information content (AvgIpc) is 2.31. The highest BCUT2D eigenvalue weighted by atomic mass is 16.5. The van der Waals surface area contributed by atoms with Crippen LogP contribution in [-0.2, 0) is 9.53 Å². The number of rotatable bonds is 5. The molecule has 0 fully saturated rings. The van der Waals surface area contributed by atoms with Crippen LogP contribution in [-0.4, -0.2) is 26.6 Å². The molecule has 1 unspecified atom stereocenters. The van der Waals surface area contributed by atoms with Crippen LogP contribution in [0, 0.1) is 11.3 Å². The smallest absolute Gasteiger partial charge is 0.180 e. The highest BCUT2D eigenvalue weighted by Gasteiger charge is 2.22. The second-order valence-corrected chi connectivity index (χ2v) is 3.20. The van der Waals surface area contributed by atoms with E-state index in [0.29, 0.717) is 11.3 Å². The van der Waals surface area contributed by atoms with Crippen LogP contribution in [0.2, 0.25) is 0 Å². The first-order valence-electron chi connectivity index (χ1n) is 4.78. The third kappa shape index (κ3) is 2.59. The zero-order valence-electron chi connectivity index (χ0n) is 9.27. The zero-order chi connectivity index (χ0) is 12.0. The molecule has 0 N–H and O–H groups in total. The first-order valence-corrected chi connectivity index (χ1v) is 4.78. The standard InChI is InChI=1S/C12H13NO3/c1-15-8-11(14)10(7-13)9-5-3-4-6-12(9)16-2/h3-6,10H,8H2,1-2H3. The number of hydrogen-bond acceptors (Lipinski definition) is 4. The average molecular weight is 219 g/mol. The quantitative estimate of drug-likeness (QED) is 0.753. The van der Waals surface area contributed by atoms with Crippen molar-refractivity contribution in [1.82, 2.24) is 0 Å². The van der Waals surface area contributed by atoms with Gasteiger partial charge < -0.3 is 9.47 Å². The van der Waals surface area contributed by atoms with E-state index in [1.165, 1.54) is 14.2 Å². The van der Waals surface area contributed by atoms with Gasteiger partial charge in [0.25, 0.3) is 0 Å². The van der Waals surface area contributed by atoms with Gasteiger partial charge >= 0.3 is 0 Å². The van der Waals surface area contributed by atoms with E-state index in [4.69, 9.17) is 14.7 Å². The summed E-state index contributed by atoms with van der Waals surface area (Å²) < 4.78 is 9.85. The Morgan fingerprint density at radius 2 is 2.12 bits per heavy atom. The Morgan fingerprint density at radius 3 is 2.69 bits per heavy atom. The van der Waals surface area contributed by atoms with Crippen molar-refractivity contribution in [2.75, 3.05) is 20.8 Å². The molecule has 1 rings (SSSR count). The molecule has 0 aliphatic heterocycles. The normalized spacial score (nSPS) is 11.6. The minimum absolute atomic E-state index is 0.0731. The molecular weight excluding hydrogens is 206 g/mol. The summed E-state index contributed by atoms with van der Waals surface area (Å²) in [6.45, 7) is -0.0731. The SMILES string of the molecule is COCC(=O)C(C#N)c1ccccc1OC. The Kier molecular flexibility index (Phi) is 4.49. The molecule has 0 aliphatic rings. The number of carbonyl (C=O) groups excluding carboxylic acids is 1. The third-order valence-corrected chi connectivity index (χ3v) is 2.19. The number of ether oxygens (including phenoxy) is 2. The molecule has 0 saturated carbocycles. The number of methoxy groups -OCH3 is 2. The van der Waals surface area contributed by atoms with E-state index in [1.54, 1.807) is 24.3 Å². The van der Waals surface area contributed by atoms with Gasteiger partial charge in [-0.1, -0.05) is 18.2 Å². The molecule has 0 heterocycles. The molecule has 84 valence electrons. The van der Waals surface area contributed by atoms with Gasteiger partial charge in [0, 0.05) is 12.7 Å². The van der Waals surface area contributed by atoms with Gasteiger partial charge in [-0.3, -0.25) is 4.79 Å². The number of hydrogen-bond donors (Lipinski definition) is 0. The van der Waals surface area contributed by atoms with Crippen LogP contribution in [0.3, 0.4) is 0 Å². The van der Waals surface area contributed by atoms with Crippen molar-refractivity contribution in [3.05, 3.63) is 29.8 Å². The Labute approximate surface area is 94.4 Å². The van der Waals surface area contributed by atoms with Gasteiger partial charge in [-0.05, 0) is 6.07 Å². The lowest BCUT2D eigenvalue weighted by molar-refractivity contribution is -0.122. The van der Waals surface area contributed by atoms with Crippen molar-refractivity contribution in [2.45, 2.75) is 5.92 Å². The third-order valence-electron chi connectivity index (χ3n) is 2.19. The maximum atomic E-state index is 11.6. The van der Waals surface area contributed by atoms with Crippen LogP contribution < -0.4 is 4.74 Å². The molecule has 0 amide bonds. The first kappa shape index (κ1) is 12.2. The molecule has 1 atom stereocenters. The Hall–Kier alpha value is -1.86. The second-order valence-electron chi connectivity index (χ2n) is 3.20. The van der Waals surface area contributed by atoms with Crippen molar-refractivity contribution in [3.8, 4) is 11.8 Å². The Bertz CT molecular complexity index is 409. The predicted molar refractivity (Wildman–Crippen MR) is 58.2 cm³/mol. The fourth-order valence-electron chi connectivity index (χ4n) is 1.45. The highest BCUT2D eigenvalue weighted by molar-refractivity contribution is 5.90. The van der Waals surface area contributed by atoms with E-state index in [-0.39, 0.29) is 12.4 Å². The molecule has 1 aromatic rings. The summed E-state index contributed by atoms with van der Waals surface area (Å²) in [7, 11) is 2.93. The number of carbonyl (C=O) groups is 1. The highest BCUT2D eigenvalue weighted by Crippen LogP contribution is 2.26. The lowest BCUT2D eigenvalue weighted by Gasteiger charge is -2.11. The predicted octanol–water partition coefficient (Wildman–Crippen LogP) is 1.52. The molecule has 0 aliphatic carbocycles. The summed E-state index contributed by atoms with van der Waals surface area (Å²) in [5.41, 5.74) is 0.578. The molecule has 4 heteroatoms. The van der Waals surface area contributed by atoms with Crippen LogP contribution in [0.25, 0.3) is 0 Å². The summed E-state index contributed by atoms with van der Waals surface area (Å²) in [4.78, 5) is 11.6. The Balaban J connectivity index is 3.04. The second kappa shape index (κ2) is 5.89. The zero-order valence-corrected chi connectivity index (χ0v) is 9.27. The number of para-hydroxylation sites is 1. The van der Waals surface area contributed by atoms with Gasteiger partial charge in [0.2, 0.25) is 0 Å². The van der Waals surface area contributed by atoms with Gasteiger partial charge in [0.15, 0.2) is 5.78 Å². The van der Waals surface area contributed by atoms with E-state index in [9.17, 15) is 4.79 Å². The largest absolute Gasteiger partial charge is 0.496 e. The maximum Gasteiger partial charge on any atom is 0.180 e. The summed E-state index contributed by atoms with van der Waals surface area (Å²) in [5.74, 6) is -0.566. The molecule has 0 aromatic heterocycles. The lowest BCUT2D eigenvalue weighted by Crippen LogP contribution is -2.16. The number of benzene rings is 1. The molecule has 1 aromatic carbocycles. The van der Waals surface area contributed by atoms with Crippen LogP contribution in [0.5, 0.6) is 5.75 Å². The minimum atomic E-state index is -0.837. The fraction of sp³-hybridized carbons (Fsp3) is 0.333. The fourth-order valence-corrected chi connectivity index (χ4v) is 1.45. The maximum absolute atomic E-state index is 11.6. The molecule has 0 radical (unpaired) electrons. The van der Waals surface area contributed by atoms with Gasteiger partial charge in [0.05, 0.1) is 13.2 Å². The van der Waals surface area contributed by atoms with Crippen LogP contribution in [0.4, 0.5) is 0 Å². The molecule has 0 saturated heterocycles. The lowest BCUT2D eigenvalue weighted by atomic mass is 9.95. The van der Waals surface area contributed by atoms with Crippen molar-refractivity contribution < 1.29 is 14.3 Å². The first-order chi connectivity index (χ1) is 7.74. The number of nitrogens with zero attached hydrogens (tertiary/aromatic N) is 1. The molecule has 0 bridgehead atoms. The van der Waals surface area contributed by atoms with Crippen molar-refractivity contribution >= 4 is 5.78 Å². The monoisotopic (exact) mass is 219 g/mol. The number of ketones is 1. The molecular formula is C12H13NO3. The van der Waals surface area contributed by atoms with Crippen molar-refractivity contribution in [1.29, 1.82) is 5.26 Å². The van der Waals surface area contributed by atoms with Gasteiger partial charge in [-0.25, -0.2) is 0 Å². The van der Waals surface area contributed by atoms with E-state index < -0.39 is 5.92 Å². The number of nitriles is 1. The van der Waals surface area contributed by atoms with E-state index in [2.05, 4.69) is 0 Å². The topological polar surface area (TPSA) is 59.3 Å². The van der Waals surface area contributed by atoms with Gasteiger partial charge in [0.1, 0.15) is 18.3 Å². The minimum Gasteiger partial charge on any atom is -0.496 e. The molecule has 0 spiro atoms.